The average molecular weight is 252 g/mol. The molecule has 0 aromatic heterocycles. The van der Waals surface area contributed by atoms with Gasteiger partial charge in [0.1, 0.15) is 18.3 Å². The third-order valence-electron chi connectivity index (χ3n) is 2.60. The second-order valence-electron chi connectivity index (χ2n) is 3.88. The van der Waals surface area contributed by atoms with Crippen LogP contribution in [0, 0.1) is 0 Å². The van der Waals surface area contributed by atoms with Crippen LogP contribution in [-0.4, -0.2) is 51.1 Å². The standard InChI is InChI=1S/C13H16O5/c1-2-8-3-5-9(6-4-8)11(16)13(18)12(17)10(15)7-14/h2-6,10,12-15,17-18H,1,7H2. The van der Waals surface area contributed by atoms with Gasteiger partial charge >= 0.3 is 0 Å². The molecule has 1 aromatic rings. The van der Waals surface area contributed by atoms with E-state index in [-0.39, 0.29) is 5.56 Å². The lowest BCUT2D eigenvalue weighted by Gasteiger charge is -2.20. The van der Waals surface area contributed by atoms with Crippen LogP contribution >= 0.6 is 0 Å². The van der Waals surface area contributed by atoms with Crippen molar-refractivity contribution in [1.29, 1.82) is 0 Å². The molecule has 0 saturated heterocycles. The zero-order valence-electron chi connectivity index (χ0n) is 9.73. The molecule has 0 heterocycles. The van der Waals surface area contributed by atoms with Gasteiger partial charge in [-0.2, -0.15) is 0 Å². The maximum Gasteiger partial charge on any atom is 0.194 e. The first-order chi connectivity index (χ1) is 8.51. The molecular formula is C13H16O5. The van der Waals surface area contributed by atoms with Crippen molar-refractivity contribution in [2.75, 3.05) is 6.61 Å². The van der Waals surface area contributed by atoms with Gasteiger partial charge in [0, 0.05) is 5.56 Å². The van der Waals surface area contributed by atoms with Gasteiger partial charge < -0.3 is 20.4 Å². The summed E-state index contributed by atoms with van der Waals surface area (Å²) in [5, 5.41) is 36.8. The van der Waals surface area contributed by atoms with Gasteiger partial charge in [-0.1, -0.05) is 36.9 Å². The molecule has 0 spiro atoms. The largest absolute Gasteiger partial charge is 0.394 e. The number of carbonyl (C=O) groups excluding carboxylic acids is 1. The third-order valence-corrected chi connectivity index (χ3v) is 2.60. The Morgan fingerprint density at radius 2 is 1.78 bits per heavy atom. The lowest BCUT2D eigenvalue weighted by molar-refractivity contribution is -0.0646. The molecule has 0 fully saturated rings. The Morgan fingerprint density at radius 1 is 1.22 bits per heavy atom. The smallest absolute Gasteiger partial charge is 0.194 e. The number of aliphatic hydroxyl groups is 4. The van der Waals surface area contributed by atoms with E-state index in [1.807, 2.05) is 0 Å². The highest BCUT2D eigenvalue weighted by Gasteiger charge is 2.30. The van der Waals surface area contributed by atoms with Gasteiger partial charge in [0.25, 0.3) is 0 Å². The topological polar surface area (TPSA) is 98.0 Å². The van der Waals surface area contributed by atoms with Gasteiger partial charge in [-0.05, 0) is 5.56 Å². The SMILES string of the molecule is C=Cc1ccc(C(=O)C(O)C(O)C(O)CO)cc1. The molecule has 5 nitrogen and oxygen atoms in total. The van der Waals surface area contributed by atoms with E-state index in [1.54, 1.807) is 18.2 Å². The summed E-state index contributed by atoms with van der Waals surface area (Å²) in [4.78, 5) is 11.8. The maximum atomic E-state index is 11.8. The van der Waals surface area contributed by atoms with Crippen molar-refractivity contribution >= 4 is 11.9 Å². The molecule has 1 rings (SSSR count). The van der Waals surface area contributed by atoms with Crippen LogP contribution < -0.4 is 0 Å². The number of Topliss-reactive ketones (excluding diaryl/α,β-unsaturated/α-hetero) is 1. The molecule has 4 N–H and O–H groups in total. The number of hydrogen-bond acceptors (Lipinski definition) is 5. The Balaban J connectivity index is 2.82. The van der Waals surface area contributed by atoms with Crippen molar-refractivity contribution in [3.8, 4) is 0 Å². The first kappa shape index (κ1) is 14.5. The van der Waals surface area contributed by atoms with E-state index in [2.05, 4.69) is 6.58 Å². The minimum absolute atomic E-state index is 0.206. The number of ketones is 1. The van der Waals surface area contributed by atoms with E-state index in [9.17, 15) is 15.0 Å². The van der Waals surface area contributed by atoms with Gasteiger partial charge in [0.2, 0.25) is 0 Å². The van der Waals surface area contributed by atoms with Crippen molar-refractivity contribution in [3.05, 3.63) is 42.0 Å². The molecule has 0 radical (unpaired) electrons. The Kier molecular flexibility index (Phi) is 5.18. The minimum atomic E-state index is -1.78. The first-order valence-corrected chi connectivity index (χ1v) is 5.43. The number of benzene rings is 1. The predicted molar refractivity (Wildman–Crippen MR) is 66.0 cm³/mol. The molecule has 98 valence electrons. The lowest BCUT2D eigenvalue weighted by Crippen LogP contribution is -2.43. The fourth-order valence-corrected chi connectivity index (χ4v) is 1.43. The summed E-state index contributed by atoms with van der Waals surface area (Å²) in [5.74, 6) is -0.717. The number of carbonyl (C=O) groups is 1. The Hall–Kier alpha value is -1.53. The van der Waals surface area contributed by atoms with Crippen LogP contribution in [-0.2, 0) is 0 Å². The van der Waals surface area contributed by atoms with Crippen LogP contribution in [0.5, 0.6) is 0 Å². The maximum absolute atomic E-state index is 11.8. The summed E-state index contributed by atoms with van der Waals surface area (Å²) in [5.41, 5.74) is 1.02. The van der Waals surface area contributed by atoms with Crippen LogP contribution in [0.3, 0.4) is 0 Å². The molecule has 0 amide bonds. The van der Waals surface area contributed by atoms with Gasteiger partial charge in [-0.25, -0.2) is 0 Å². The van der Waals surface area contributed by atoms with E-state index >= 15 is 0 Å². The van der Waals surface area contributed by atoms with Crippen molar-refractivity contribution in [2.45, 2.75) is 18.3 Å². The van der Waals surface area contributed by atoms with E-state index in [1.165, 1.54) is 12.1 Å². The molecule has 0 aliphatic rings. The molecule has 0 saturated carbocycles. The molecular weight excluding hydrogens is 236 g/mol. The zero-order chi connectivity index (χ0) is 13.7. The molecule has 3 atom stereocenters. The van der Waals surface area contributed by atoms with E-state index in [0.717, 1.165) is 5.56 Å². The molecule has 1 aromatic carbocycles. The molecule has 0 bridgehead atoms. The third kappa shape index (κ3) is 3.24. The van der Waals surface area contributed by atoms with Crippen LogP contribution in [0.1, 0.15) is 15.9 Å². The number of rotatable bonds is 6. The zero-order valence-corrected chi connectivity index (χ0v) is 9.73. The predicted octanol–water partition coefficient (Wildman–Crippen LogP) is -0.413. The van der Waals surface area contributed by atoms with Crippen molar-refractivity contribution in [2.24, 2.45) is 0 Å². The van der Waals surface area contributed by atoms with E-state index in [0.29, 0.717) is 0 Å². The summed E-state index contributed by atoms with van der Waals surface area (Å²) < 4.78 is 0. The van der Waals surface area contributed by atoms with Gasteiger partial charge in [-0.15, -0.1) is 0 Å². The fourth-order valence-electron chi connectivity index (χ4n) is 1.43. The Bertz CT molecular complexity index is 412. The second kappa shape index (κ2) is 6.42. The highest BCUT2D eigenvalue weighted by Crippen LogP contribution is 2.11. The second-order valence-corrected chi connectivity index (χ2v) is 3.88. The first-order valence-electron chi connectivity index (χ1n) is 5.43. The van der Waals surface area contributed by atoms with Crippen LogP contribution in [0.2, 0.25) is 0 Å². The average Bonchev–Trinajstić information content (AvgIpc) is 2.44. The molecule has 3 unspecified atom stereocenters. The minimum Gasteiger partial charge on any atom is -0.394 e. The van der Waals surface area contributed by atoms with Crippen LogP contribution in [0.25, 0.3) is 6.08 Å². The normalized spacial score (nSPS) is 15.8. The number of hydrogen-bond donors (Lipinski definition) is 4. The Labute approximate surface area is 105 Å². The van der Waals surface area contributed by atoms with Crippen molar-refractivity contribution in [1.82, 2.24) is 0 Å². The summed E-state index contributed by atoms with van der Waals surface area (Å²) in [6, 6.07) is 6.25. The van der Waals surface area contributed by atoms with Crippen molar-refractivity contribution < 1.29 is 25.2 Å². The van der Waals surface area contributed by atoms with Crippen LogP contribution in [0.4, 0.5) is 0 Å². The summed E-state index contributed by atoms with van der Waals surface area (Å²) in [6.07, 6.45) is -3.45. The highest BCUT2D eigenvalue weighted by atomic mass is 16.4. The van der Waals surface area contributed by atoms with Crippen molar-refractivity contribution in [3.63, 3.8) is 0 Å². The van der Waals surface area contributed by atoms with Gasteiger partial charge in [0.05, 0.1) is 6.61 Å². The van der Waals surface area contributed by atoms with Crippen LogP contribution in [0.15, 0.2) is 30.8 Å². The summed E-state index contributed by atoms with van der Waals surface area (Å²) in [6.45, 7) is 2.83. The summed E-state index contributed by atoms with van der Waals surface area (Å²) in [7, 11) is 0. The molecule has 18 heavy (non-hydrogen) atoms. The Morgan fingerprint density at radius 3 is 2.22 bits per heavy atom. The lowest BCUT2D eigenvalue weighted by atomic mass is 9.98. The fraction of sp³-hybridized carbons (Fsp3) is 0.308. The molecule has 5 heteroatoms. The quantitative estimate of drug-likeness (QED) is 0.516. The number of aliphatic hydroxyl groups excluding tert-OH is 4. The summed E-state index contributed by atoms with van der Waals surface area (Å²) >= 11 is 0. The highest BCUT2D eigenvalue weighted by molar-refractivity contribution is 5.99. The van der Waals surface area contributed by atoms with Gasteiger partial charge in [-0.3, -0.25) is 4.79 Å². The molecule has 0 aliphatic heterocycles. The van der Waals surface area contributed by atoms with Gasteiger partial charge in [0.15, 0.2) is 5.78 Å². The van der Waals surface area contributed by atoms with E-state index < -0.39 is 30.7 Å². The monoisotopic (exact) mass is 252 g/mol. The van der Waals surface area contributed by atoms with E-state index in [4.69, 9.17) is 10.2 Å². The molecule has 0 aliphatic carbocycles.